The van der Waals surface area contributed by atoms with Crippen molar-refractivity contribution in [3.8, 4) is 16.9 Å². The molecule has 0 fully saturated rings. The summed E-state index contributed by atoms with van der Waals surface area (Å²) in [6, 6.07) is 18.8. The van der Waals surface area contributed by atoms with Crippen LogP contribution in [0.4, 0.5) is 4.39 Å². The highest BCUT2D eigenvalue weighted by Crippen LogP contribution is 2.41. The molecule has 1 heterocycles. The average molecular weight is 429 g/mol. The van der Waals surface area contributed by atoms with Crippen LogP contribution in [-0.2, 0) is 17.8 Å². The molecule has 32 heavy (non-hydrogen) atoms. The Balaban J connectivity index is 1.41. The van der Waals surface area contributed by atoms with Crippen LogP contribution >= 0.6 is 0 Å². The van der Waals surface area contributed by atoms with Crippen molar-refractivity contribution >= 4 is 16.8 Å². The zero-order valence-electron chi connectivity index (χ0n) is 17.8. The van der Waals surface area contributed by atoms with Crippen LogP contribution in [0.5, 0.6) is 5.75 Å². The number of aryl methyl sites for hydroxylation is 2. The summed E-state index contributed by atoms with van der Waals surface area (Å²) in [5.74, 6) is 0.521. The number of carbonyl (C=O) groups excluding carboxylic acids is 1. The largest absolute Gasteiger partial charge is 0.486 e. The van der Waals surface area contributed by atoms with Crippen LogP contribution in [0.15, 0.2) is 66.9 Å². The second kappa shape index (κ2) is 8.46. The molecular formula is C26H24FN3O2. The lowest BCUT2D eigenvalue weighted by Crippen LogP contribution is -2.19. The molecule has 0 saturated carbocycles. The number of halogens is 1. The van der Waals surface area contributed by atoms with E-state index in [2.05, 4.69) is 16.5 Å². The van der Waals surface area contributed by atoms with Crippen LogP contribution in [0.1, 0.15) is 30.1 Å². The highest BCUT2D eigenvalue weighted by atomic mass is 19.1. The van der Waals surface area contributed by atoms with Gasteiger partial charge in [-0.15, -0.1) is 0 Å². The van der Waals surface area contributed by atoms with Gasteiger partial charge in [-0.1, -0.05) is 30.3 Å². The minimum atomic E-state index is -0.241. The number of fused-ring (bicyclic) bond motifs is 2. The first kappa shape index (κ1) is 20.2. The van der Waals surface area contributed by atoms with E-state index in [1.54, 1.807) is 25.4 Å². The highest BCUT2D eigenvalue weighted by Gasteiger charge is 2.27. The van der Waals surface area contributed by atoms with Crippen LogP contribution in [0.25, 0.3) is 22.0 Å². The minimum Gasteiger partial charge on any atom is -0.486 e. The van der Waals surface area contributed by atoms with Crippen molar-refractivity contribution in [2.75, 3.05) is 7.05 Å². The van der Waals surface area contributed by atoms with Crippen molar-refractivity contribution in [3.63, 3.8) is 0 Å². The molecule has 1 N–H and O–H groups in total. The fraction of sp³-hybridized carbons (Fsp3) is 0.231. The second-order valence-electron chi connectivity index (χ2n) is 8.05. The Labute approximate surface area is 185 Å². The number of hydrogen-bond donors (Lipinski definition) is 1. The average Bonchev–Trinajstić information content (AvgIpc) is 3.41. The Morgan fingerprint density at radius 3 is 2.91 bits per heavy atom. The number of aromatic nitrogens is 2. The molecule has 1 aliphatic rings. The topological polar surface area (TPSA) is 56.2 Å². The third kappa shape index (κ3) is 3.84. The van der Waals surface area contributed by atoms with Crippen LogP contribution in [-0.4, -0.2) is 22.7 Å². The van der Waals surface area contributed by atoms with Gasteiger partial charge in [0.1, 0.15) is 17.7 Å². The molecule has 5 rings (SSSR count). The van der Waals surface area contributed by atoms with Crippen LogP contribution in [0.2, 0.25) is 0 Å². The van der Waals surface area contributed by atoms with E-state index in [9.17, 15) is 9.18 Å². The van der Waals surface area contributed by atoms with Gasteiger partial charge in [-0.2, -0.15) is 5.10 Å². The van der Waals surface area contributed by atoms with E-state index >= 15 is 0 Å². The van der Waals surface area contributed by atoms with E-state index in [0.29, 0.717) is 13.0 Å². The molecule has 1 aliphatic carbocycles. The van der Waals surface area contributed by atoms with Crippen LogP contribution < -0.4 is 10.1 Å². The predicted octanol–water partition coefficient (Wildman–Crippen LogP) is 5.04. The maximum Gasteiger partial charge on any atom is 0.221 e. The van der Waals surface area contributed by atoms with E-state index in [0.717, 1.165) is 46.2 Å². The maximum absolute atomic E-state index is 13.9. The molecule has 1 aromatic heterocycles. The monoisotopic (exact) mass is 429 g/mol. The fourth-order valence-corrected chi connectivity index (χ4v) is 4.48. The molecule has 5 nitrogen and oxygen atoms in total. The third-order valence-electron chi connectivity index (χ3n) is 6.05. The summed E-state index contributed by atoms with van der Waals surface area (Å²) < 4.78 is 22.1. The molecular weight excluding hydrogens is 405 g/mol. The van der Waals surface area contributed by atoms with Crippen molar-refractivity contribution in [2.24, 2.45) is 0 Å². The van der Waals surface area contributed by atoms with Gasteiger partial charge in [0.05, 0.1) is 18.3 Å². The first-order valence-corrected chi connectivity index (χ1v) is 10.8. The molecule has 0 bridgehead atoms. The number of hydrogen-bond acceptors (Lipinski definition) is 3. The number of nitrogens with one attached hydrogen (secondary N) is 1. The lowest BCUT2D eigenvalue weighted by molar-refractivity contribution is -0.120. The zero-order chi connectivity index (χ0) is 22.1. The SMILES string of the molecule is CNC(=O)CCn1ncc2cc(OC3CCc4cccc(-c5cccc(F)c5)c43)ccc21. The molecule has 0 radical (unpaired) electrons. The number of amides is 1. The number of rotatable bonds is 6. The van der Waals surface area contributed by atoms with Gasteiger partial charge in [-0.3, -0.25) is 9.48 Å². The summed E-state index contributed by atoms with van der Waals surface area (Å²) >= 11 is 0. The summed E-state index contributed by atoms with van der Waals surface area (Å²) in [6.07, 6.45) is 3.90. The summed E-state index contributed by atoms with van der Waals surface area (Å²) in [4.78, 5) is 11.5. The summed E-state index contributed by atoms with van der Waals surface area (Å²) in [5.41, 5.74) is 5.24. The molecule has 1 unspecified atom stereocenters. The molecule has 1 amide bonds. The van der Waals surface area contributed by atoms with E-state index < -0.39 is 0 Å². The lowest BCUT2D eigenvalue weighted by Gasteiger charge is -2.18. The van der Waals surface area contributed by atoms with Crippen molar-refractivity contribution < 1.29 is 13.9 Å². The summed E-state index contributed by atoms with van der Waals surface area (Å²) in [7, 11) is 1.63. The Kier molecular flexibility index (Phi) is 5.35. The van der Waals surface area contributed by atoms with Gasteiger partial charge in [0.25, 0.3) is 0 Å². The number of benzene rings is 3. The first-order chi connectivity index (χ1) is 15.6. The van der Waals surface area contributed by atoms with Gasteiger partial charge < -0.3 is 10.1 Å². The van der Waals surface area contributed by atoms with Gasteiger partial charge in [-0.25, -0.2) is 4.39 Å². The van der Waals surface area contributed by atoms with Crippen molar-refractivity contribution in [1.29, 1.82) is 0 Å². The standard InChI is InChI=1S/C26H24FN3O2/c1-28-25(31)12-13-30-23-10-9-21(15-19(23)16-29-30)32-24-11-8-17-4-3-7-22(26(17)24)18-5-2-6-20(27)14-18/h2-7,9-10,14-16,24H,8,11-13H2,1H3,(H,28,31). The molecule has 0 aliphatic heterocycles. The minimum absolute atomic E-state index is 0.0115. The van der Waals surface area contributed by atoms with Gasteiger partial charge in [0.15, 0.2) is 0 Å². The second-order valence-corrected chi connectivity index (χ2v) is 8.05. The molecule has 6 heteroatoms. The number of carbonyl (C=O) groups is 1. The van der Waals surface area contributed by atoms with E-state index in [1.165, 1.54) is 11.6 Å². The van der Waals surface area contributed by atoms with E-state index in [-0.39, 0.29) is 17.8 Å². The molecule has 162 valence electrons. The van der Waals surface area contributed by atoms with Crippen molar-refractivity contribution in [2.45, 2.75) is 31.9 Å². The Morgan fingerprint density at radius 2 is 2.06 bits per heavy atom. The van der Waals surface area contributed by atoms with Gasteiger partial charge >= 0.3 is 0 Å². The zero-order valence-corrected chi connectivity index (χ0v) is 17.8. The van der Waals surface area contributed by atoms with Gasteiger partial charge in [0.2, 0.25) is 5.91 Å². The van der Waals surface area contributed by atoms with E-state index in [1.807, 2.05) is 41.1 Å². The quantitative estimate of drug-likeness (QED) is 0.467. The molecule has 0 spiro atoms. The predicted molar refractivity (Wildman–Crippen MR) is 122 cm³/mol. The Morgan fingerprint density at radius 1 is 1.19 bits per heavy atom. The Hall–Kier alpha value is -3.67. The molecule has 1 atom stereocenters. The first-order valence-electron chi connectivity index (χ1n) is 10.8. The van der Waals surface area contributed by atoms with Crippen molar-refractivity contribution in [3.05, 3.63) is 83.8 Å². The van der Waals surface area contributed by atoms with Crippen LogP contribution in [0.3, 0.4) is 0 Å². The van der Waals surface area contributed by atoms with Crippen molar-refractivity contribution in [1.82, 2.24) is 15.1 Å². The summed E-state index contributed by atoms with van der Waals surface area (Å²) in [5, 5.41) is 8.02. The van der Waals surface area contributed by atoms with Gasteiger partial charge in [-0.05, 0) is 59.9 Å². The summed E-state index contributed by atoms with van der Waals surface area (Å²) in [6.45, 7) is 0.524. The third-order valence-corrected chi connectivity index (χ3v) is 6.05. The fourth-order valence-electron chi connectivity index (χ4n) is 4.48. The smallest absolute Gasteiger partial charge is 0.221 e. The number of nitrogens with zero attached hydrogens (tertiary/aromatic N) is 2. The normalized spacial score (nSPS) is 15.0. The Bertz CT molecular complexity index is 1300. The van der Waals surface area contributed by atoms with E-state index in [4.69, 9.17) is 4.74 Å². The van der Waals surface area contributed by atoms with Crippen LogP contribution in [0, 0.1) is 5.82 Å². The molecule has 0 saturated heterocycles. The molecule has 3 aromatic carbocycles. The van der Waals surface area contributed by atoms with Gasteiger partial charge in [0, 0.05) is 24.4 Å². The highest BCUT2D eigenvalue weighted by molar-refractivity contribution is 5.81. The number of ether oxygens (including phenoxy) is 1. The molecule has 4 aromatic rings. The lowest BCUT2D eigenvalue weighted by atomic mass is 9.96. The maximum atomic E-state index is 13.9.